The Morgan fingerprint density at radius 3 is 2.63 bits per heavy atom. The molecule has 0 bridgehead atoms. The smallest absolute Gasteiger partial charge is 0.247 e. The van der Waals surface area contributed by atoms with E-state index in [0.717, 1.165) is 59.7 Å². The largest absolute Gasteiger partial charge is 0.494 e. The lowest BCUT2D eigenvalue weighted by atomic mass is 10.1. The summed E-state index contributed by atoms with van der Waals surface area (Å²) >= 11 is 0. The zero-order valence-electron chi connectivity index (χ0n) is 25.6. The first kappa shape index (κ1) is 29.9. The highest BCUT2D eigenvalue weighted by Crippen LogP contribution is 2.40. The molecule has 0 aliphatic carbocycles. The lowest BCUT2D eigenvalue weighted by Crippen LogP contribution is -2.36. The van der Waals surface area contributed by atoms with Gasteiger partial charge in [-0.3, -0.25) is 4.79 Å². The Hall–Kier alpha value is -4.61. The van der Waals surface area contributed by atoms with E-state index in [0.29, 0.717) is 36.3 Å². The van der Waals surface area contributed by atoms with Gasteiger partial charge in [0.1, 0.15) is 11.4 Å². The number of benzene rings is 2. The highest BCUT2D eigenvalue weighted by atomic mass is 16.5. The van der Waals surface area contributed by atoms with Gasteiger partial charge < -0.3 is 39.4 Å². The van der Waals surface area contributed by atoms with Crippen LogP contribution in [0.1, 0.15) is 0 Å². The molecule has 3 heterocycles. The summed E-state index contributed by atoms with van der Waals surface area (Å²) in [4.78, 5) is 28.7. The number of morpholine rings is 1. The molecule has 2 N–H and O–H groups in total. The van der Waals surface area contributed by atoms with E-state index in [1.54, 1.807) is 7.11 Å². The molecule has 1 saturated heterocycles. The number of fused-ring (bicyclic) bond motifs is 1. The highest BCUT2D eigenvalue weighted by molar-refractivity contribution is 6.02. The number of carbonyl (C=O) groups excluding carboxylic acids is 1. The van der Waals surface area contributed by atoms with Crippen LogP contribution < -0.4 is 25.2 Å². The van der Waals surface area contributed by atoms with Crippen molar-refractivity contribution in [2.24, 2.45) is 7.05 Å². The number of rotatable bonds is 11. The number of methoxy groups -OCH3 is 1. The third kappa shape index (κ3) is 6.58. The average Bonchev–Trinajstić information content (AvgIpc) is 3.36. The number of aromatic nitrogens is 3. The van der Waals surface area contributed by atoms with Gasteiger partial charge in [0.15, 0.2) is 0 Å². The van der Waals surface area contributed by atoms with Gasteiger partial charge in [-0.15, -0.1) is 0 Å². The van der Waals surface area contributed by atoms with Crippen LogP contribution in [-0.4, -0.2) is 93.0 Å². The maximum Gasteiger partial charge on any atom is 0.247 e. The number of nitrogens with zero attached hydrogens (tertiary/aromatic N) is 6. The summed E-state index contributed by atoms with van der Waals surface area (Å²) < 4.78 is 13.5. The fraction of sp³-hybridized carbons (Fsp3) is 0.344. The molecule has 1 aliphatic heterocycles. The summed E-state index contributed by atoms with van der Waals surface area (Å²) in [5.74, 6) is 0.701. The third-order valence-corrected chi connectivity index (χ3v) is 7.57. The van der Waals surface area contributed by atoms with Crippen LogP contribution in [0.3, 0.4) is 0 Å². The Kier molecular flexibility index (Phi) is 9.13. The number of anilines is 5. The summed E-state index contributed by atoms with van der Waals surface area (Å²) in [6.45, 7) is 8.04. The lowest BCUT2D eigenvalue weighted by Gasteiger charge is -2.30. The van der Waals surface area contributed by atoms with Crippen LogP contribution >= 0.6 is 0 Å². The van der Waals surface area contributed by atoms with E-state index in [1.807, 2.05) is 58.7 Å². The molecular formula is C32H40N8O3. The molecule has 226 valence electrons. The fourth-order valence-corrected chi connectivity index (χ4v) is 5.23. The second kappa shape index (κ2) is 13.1. The van der Waals surface area contributed by atoms with Crippen molar-refractivity contribution in [1.82, 2.24) is 19.4 Å². The zero-order valence-corrected chi connectivity index (χ0v) is 25.6. The molecule has 11 heteroatoms. The molecule has 2 aromatic carbocycles. The summed E-state index contributed by atoms with van der Waals surface area (Å²) in [6.07, 6.45) is 5.24. The van der Waals surface area contributed by atoms with Crippen LogP contribution in [-0.2, 0) is 16.6 Å². The second-order valence-corrected chi connectivity index (χ2v) is 10.8. The predicted molar refractivity (Wildman–Crippen MR) is 174 cm³/mol. The Labute approximate surface area is 252 Å². The van der Waals surface area contributed by atoms with Gasteiger partial charge in [0.2, 0.25) is 11.9 Å². The topological polar surface area (TPSA) is 100 Å². The van der Waals surface area contributed by atoms with Crippen LogP contribution in [0.25, 0.3) is 22.2 Å². The molecule has 1 fully saturated rings. The quantitative estimate of drug-likeness (QED) is 0.249. The number of nitrogens with one attached hydrogen (secondary N) is 2. The van der Waals surface area contributed by atoms with Crippen molar-refractivity contribution in [3.63, 3.8) is 0 Å². The number of hydrogen-bond donors (Lipinski definition) is 2. The van der Waals surface area contributed by atoms with E-state index in [-0.39, 0.29) is 5.91 Å². The van der Waals surface area contributed by atoms with Crippen molar-refractivity contribution in [1.29, 1.82) is 0 Å². The molecule has 11 nitrogen and oxygen atoms in total. The molecule has 0 spiro atoms. The van der Waals surface area contributed by atoms with Gasteiger partial charge in [-0.25, -0.2) is 9.97 Å². The Bertz CT molecular complexity index is 1610. The Morgan fingerprint density at radius 2 is 1.91 bits per heavy atom. The number of amides is 1. The van der Waals surface area contributed by atoms with Crippen molar-refractivity contribution < 1.29 is 14.3 Å². The summed E-state index contributed by atoms with van der Waals surface area (Å²) in [5.41, 5.74) is 5.98. The molecule has 0 radical (unpaired) electrons. The molecule has 1 amide bonds. The molecule has 2 aromatic heterocycles. The maximum atomic E-state index is 12.4. The van der Waals surface area contributed by atoms with Crippen LogP contribution in [0, 0.1) is 0 Å². The van der Waals surface area contributed by atoms with Gasteiger partial charge in [-0.1, -0.05) is 24.8 Å². The first-order valence-corrected chi connectivity index (χ1v) is 14.3. The first-order chi connectivity index (χ1) is 20.8. The molecule has 0 unspecified atom stereocenters. The van der Waals surface area contributed by atoms with Gasteiger partial charge in [-0.2, -0.15) is 0 Å². The van der Waals surface area contributed by atoms with Gasteiger partial charge in [0, 0.05) is 69.0 Å². The van der Waals surface area contributed by atoms with Crippen LogP contribution in [0.15, 0.2) is 61.4 Å². The van der Waals surface area contributed by atoms with E-state index in [2.05, 4.69) is 54.8 Å². The van der Waals surface area contributed by atoms with E-state index in [9.17, 15) is 4.79 Å². The highest BCUT2D eigenvalue weighted by Gasteiger charge is 2.22. The van der Waals surface area contributed by atoms with E-state index < -0.39 is 0 Å². The number of para-hydroxylation sites is 1. The lowest BCUT2D eigenvalue weighted by molar-refractivity contribution is -0.111. The zero-order chi connectivity index (χ0) is 30.5. The molecule has 43 heavy (non-hydrogen) atoms. The fourth-order valence-electron chi connectivity index (χ4n) is 5.23. The Morgan fingerprint density at radius 1 is 1.14 bits per heavy atom. The second-order valence-electron chi connectivity index (χ2n) is 10.8. The van der Waals surface area contributed by atoms with Crippen molar-refractivity contribution >= 4 is 45.5 Å². The normalized spacial score (nSPS) is 13.3. The molecule has 1 aliphatic rings. The van der Waals surface area contributed by atoms with Gasteiger partial charge >= 0.3 is 0 Å². The van der Waals surface area contributed by atoms with E-state index >= 15 is 0 Å². The number of aryl methyl sites for hydroxylation is 1. The maximum absolute atomic E-state index is 12.4. The van der Waals surface area contributed by atoms with Crippen LogP contribution in [0.5, 0.6) is 5.75 Å². The minimum absolute atomic E-state index is 0.303. The summed E-state index contributed by atoms with van der Waals surface area (Å²) in [6, 6.07) is 12.1. The predicted octanol–water partition coefficient (Wildman–Crippen LogP) is 4.35. The van der Waals surface area contributed by atoms with Crippen molar-refractivity contribution in [3.8, 4) is 17.0 Å². The monoisotopic (exact) mass is 584 g/mol. The number of ether oxygens (including phenoxy) is 2. The number of hydrogen-bond acceptors (Lipinski definition) is 9. The number of carbonyl (C=O) groups is 1. The van der Waals surface area contributed by atoms with Crippen molar-refractivity contribution in [2.75, 3.05) is 88.1 Å². The summed E-state index contributed by atoms with van der Waals surface area (Å²) in [5, 5.41) is 7.43. The Balaban J connectivity index is 1.58. The molecule has 4 aromatic rings. The van der Waals surface area contributed by atoms with Crippen LogP contribution in [0.2, 0.25) is 0 Å². The SMILES string of the molecule is C=CC(=O)Nc1cc(Nc2ncc(N3CCOCC3)c(-c3cn(C)c4ccccc34)n2)c(OC)cc1N(C)CCN(C)C. The third-order valence-electron chi connectivity index (χ3n) is 7.57. The van der Waals surface area contributed by atoms with Gasteiger partial charge in [-0.05, 0) is 32.3 Å². The number of likely N-dealkylation sites (N-methyl/N-ethyl adjacent to an activating group) is 2. The standard InChI is InChI=1S/C32H40N8O3/c1-7-30(41)34-24-18-25(29(42-6)19-27(24)38(4)13-12-37(2)3)35-32-33-20-28(40-14-16-43-17-15-40)31(36-32)23-21-39(5)26-11-9-8-10-22(23)26/h7-11,18-21H,1,12-17H2,2-6H3,(H,34,41)(H,33,35,36). The van der Waals surface area contributed by atoms with Crippen LogP contribution in [0.4, 0.5) is 28.7 Å². The van der Waals surface area contributed by atoms with Crippen molar-refractivity contribution in [3.05, 3.63) is 61.4 Å². The van der Waals surface area contributed by atoms with Gasteiger partial charge in [0.05, 0.1) is 49.3 Å². The summed E-state index contributed by atoms with van der Waals surface area (Å²) in [7, 11) is 9.70. The first-order valence-electron chi connectivity index (χ1n) is 14.3. The molecule has 0 atom stereocenters. The molecular weight excluding hydrogens is 544 g/mol. The molecule has 5 rings (SSSR count). The average molecular weight is 585 g/mol. The van der Waals surface area contributed by atoms with E-state index in [1.165, 1.54) is 6.08 Å². The molecule has 0 saturated carbocycles. The minimum atomic E-state index is -0.303. The van der Waals surface area contributed by atoms with Gasteiger partial charge in [0.25, 0.3) is 0 Å². The van der Waals surface area contributed by atoms with E-state index in [4.69, 9.17) is 19.4 Å². The minimum Gasteiger partial charge on any atom is -0.494 e. The van der Waals surface area contributed by atoms with Crippen molar-refractivity contribution in [2.45, 2.75) is 0 Å².